The molecule has 1 aliphatic rings. The van der Waals surface area contributed by atoms with Gasteiger partial charge in [0, 0.05) is 4.90 Å². The Bertz CT molecular complexity index is 314. The maximum absolute atomic E-state index is 12.9. The largest absolute Gasteiger partial charge is 0.379 e. The maximum atomic E-state index is 12.9. The van der Waals surface area contributed by atoms with Crippen LogP contribution >= 0.6 is 27.7 Å². The molecular weight excluding hydrogens is 255 g/mol. The molecule has 0 atom stereocenters. The summed E-state index contributed by atoms with van der Waals surface area (Å²) in [5, 5.41) is 0.539. The molecule has 1 saturated heterocycles. The minimum absolute atomic E-state index is 0.214. The number of benzene rings is 1. The van der Waals surface area contributed by atoms with Crippen molar-refractivity contribution in [2.24, 2.45) is 0 Å². The Morgan fingerprint density at radius 3 is 2.77 bits per heavy atom. The van der Waals surface area contributed by atoms with Crippen molar-refractivity contribution in [2.45, 2.75) is 10.1 Å². The van der Waals surface area contributed by atoms with Gasteiger partial charge < -0.3 is 4.74 Å². The molecule has 0 aromatic heterocycles. The summed E-state index contributed by atoms with van der Waals surface area (Å²) in [5.74, 6) is -0.214. The first kappa shape index (κ1) is 9.49. The lowest BCUT2D eigenvalue weighted by atomic mass is 10.3. The highest BCUT2D eigenvalue weighted by molar-refractivity contribution is 9.10. The Kier molecular flexibility index (Phi) is 2.91. The van der Waals surface area contributed by atoms with E-state index in [0.717, 1.165) is 18.1 Å². The van der Waals surface area contributed by atoms with Crippen molar-refractivity contribution in [2.75, 3.05) is 13.2 Å². The lowest BCUT2D eigenvalue weighted by molar-refractivity contribution is 0.0455. The third-order valence-corrected chi connectivity index (χ3v) is 3.54. The average Bonchev–Trinajstić information content (AvgIpc) is 2.04. The summed E-state index contributed by atoms with van der Waals surface area (Å²) < 4.78 is 18.4. The van der Waals surface area contributed by atoms with Gasteiger partial charge in [-0.2, -0.15) is 0 Å². The second kappa shape index (κ2) is 3.98. The summed E-state index contributed by atoms with van der Waals surface area (Å²) in [4.78, 5) is 1.08. The van der Waals surface area contributed by atoms with E-state index in [0.29, 0.717) is 9.72 Å². The van der Waals surface area contributed by atoms with Crippen LogP contribution in [-0.4, -0.2) is 18.5 Å². The second-order valence-electron chi connectivity index (χ2n) is 2.85. The van der Waals surface area contributed by atoms with Gasteiger partial charge in [0.1, 0.15) is 5.82 Å². The van der Waals surface area contributed by atoms with Gasteiger partial charge in [0.2, 0.25) is 0 Å². The highest BCUT2D eigenvalue weighted by atomic mass is 79.9. The normalized spacial score (nSPS) is 17.1. The minimum Gasteiger partial charge on any atom is -0.379 e. The van der Waals surface area contributed by atoms with Gasteiger partial charge in [-0.1, -0.05) is 0 Å². The average molecular weight is 263 g/mol. The van der Waals surface area contributed by atoms with E-state index in [1.165, 1.54) is 6.07 Å². The lowest BCUT2D eigenvalue weighted by Gasteiger charge is -2.25. The zero-order chi connectivity index (χ0) is 9.26. The molecule has 4 heteroatoms. The first-order chi connectivity index (χ1) is 6.25. The summed E-state index contributed by atoms with van der Waals surface area (Å²) >= 11 is 4.89. The first-order valence-corrected chi connectivity index (χ1v) is 5.62. The number of hydrogen-bond donors (Lipinski definition) is 0. The van der Waals surface area contributed by atoms with Crippen molar-refractivity contribution in [3.63, 3.8) is 0 Å². The standard InChI is InChI=1S/C9H8BrFOS/c10-8-3-6(1-2-9(8)11)13-7-4-12-5-7/h1-3,7H,4-5H2. The molecule has 1 nitrogen and oxygen atoms in total. The van der Waals surface area contributed by atoms with E-state index < -0.39 is 0 Å². The molecule has 0 aliphatic carbocycles. The number of hydrogen-bond acceptors (Lipinski definition) is 2. The minimum atomic E-state index is -0.214. The van der Waals surface area contributed by atoms with Crippen LogP contribution in [0.4, 0.5) is 4.39 Å². The fourth-order valence-corrected chi connectivity index (χ4v) is 2.60. The first-order valence-electron chi connectivity index (χ1n) is 3.95. The molecular formula is C9H8BrFOS. The summed E-state index contributed by atoms with van der Waals surface area (Å²) in [6.45, 7) is 1.61. The molecule has 1 aliphatic heterocycles. The Morgan fingerprint density at radius 2 is 2.23 bits per heavy atom. The molecule has 0 spiro atoms. The van der Waals surface area contributed by atoms with E-state index in [1.807, 2.05) is 0 Å². The van der Waals surface area contributed by atoms with Crippen molar-refractivity contribution in [1.29, 1.82) is 0 Å². The molecule has 1 heterocycles. The molecule has 2 rings (SSSR count). The molecule has 13 heavy (non-hydrogen) atoms. The van der Waals surface area contributed by atoms with Gasteiger partial charge in [-0.05, 0) is 34.1 Å². The SMILES string of the molecule is Fc1ccc(SC2COC2)cc1Br. The predicted octanol–water partition coefficient (Wildman–Crippen LogP) is 3.08. The zero-order valence-electron chi connectivity index (χ0n) is 6.80. The fraction of sp³-hybridized carbons (Fsp3) is 0.333. The Balaban J connectivity index is 2.07. The van der Waals surface area contributed by atoms with E-state index in [-0.39, 0.29) is 5.82 Å². The topological polar surface area (TPSA) is 9.23 Å². The van der Waals surface area contributed by atoms with E-state index in [1.54, 1.807) is 23.9 Å². The molecule has 70 valence electrons. The van der Waals surface area contributed by atoms with E-state index in [4.69, 9.17) is 4.74 Å². The van der Waals surface area contributed by atoms with Gasteiger partial charge in [-0.15, -0.1) is 11.8 Å². The van der Waals surface area contributed by atoms with Crippen LogP contribution in [0.1, 0.15) is 0 Å². The van der Waals surface area contributed by atoms with Crippen molar-refractivity contribution in [3.8, 4) is 0 Å². The summed E-state index contributed by atoms with van der Waals surface area (Å²) in [5.41, 5.74) is 0. The highest BCUT2D eigenvalue weighted by Gasteiger charge is 2.19. The third-order valence-electron chi connectivity index (χ3n) is 1.80. The van der Waals surface area contributed by atoms with Crippen LogP contribution in [-0.2, 0) is 4.74 Å². The van der Waals surface area contributed by atoms with E-state index in [9.17, 15) is 4.39 Å². The summed E-state index contributed by atoms with van der Waals surface area (Å²) in [6.07, 6.45) is 0. The number of halogens is 2. The Labute approximate surface area is 88.8 Å². The molecule has 0 bridgehead atoms. The summed E-state index contributed by atoms with van der Waals surface area (Å²) in [6, 6.07) is 5.08. The fourth-order valence-electron chi connectivity index (χ4n) is 1.02. The molecule has 0 amide bonds. The van der Waals surface area contributed by atoms with Crippen LogP contribution in [0.25, 0.3) is 0 Å². The van der Waals surface area contributed by atoms with Crippen molar-refractivity contribution in [3.05, 3.63) is 28.5 Å². The van der Waals surface area contributed by atoms with Gasteiger partial charge >= 0.3 is 0 Å². The van der Waals surface area contributed by atoms with Gasteiger partial charge in [0.25, 0.3) is 0 Å². The van der Waals surface area contributed by atoms with Crippen LogP contribution in [0.5, 0.6) is 0 Å². The Hall–Kier alpha value is -0.0600. The van der Waals surface area contributed by atoms with Gasteiger partial charge in [-0.3, -0.25) is 0 Å². The predicted molar refractivity (Wildman–Crippen MR) is 54.6 cm³/mol. The molecule has 0 N–H and O–H groups in total. The van der Waals surface area contributed by atoms with Gasteiger partial charge in [-0.25, -0.2) is 4.39 Å². The summed E-state index contributed by atoms with van der Waals surface area (Å²) in [7, 11) is 0. The molecule has 0 unspecified atom stereocenters. The quantitative estimate of drug-likeness (QED) is 0.810. The maximum Gasteiger partial charge on any atom is 0.137 e. The molecule has 1 fully saturated rings. The third kappa shape index (κ3) is 2.24. The van der Waals surface area contributed by atoms with Crippen molar-refractivity contribution < 1.29 is 9.13 Å². The molecule has 0 saturated carbocycles. The van der Waals surface area contributed by atoms with Crippen molar-refractivity contribution >= 4 is 27.7 Å². The number of rotatable bonds is 2. The number of ether oxygens (including phenoxy) is 1. The lowest BCUT2D eigenvalue weighted by Crippen LogP contribution is -2.29. The van der Waals surface area contributed by atoms with Crippen molar-refractivity contribution in [1.82, 2.24) is 0 Å². The number of thioether (sulfide) groups is 1. The molecule has 0 radical (unpaired) electrons. The van der Waals surface area contributed by atoms with Gasteiger partial charge in [0.15, 0.2) is 0 Å². The van der Waals surface area contributed by atoms with Crippen LogP contribution in [0, 0.1) is 5.82 Å². The second-order valence-corrected chi connectivity index (χ2v) is 5.08. The van der Waals surface area contributed by atoms with Crippen LogP contribution in [0.15, 0.2) is 27.6 Å². The van der Waals surface area contributed by atoms with Crippen LogP contribution < -0.4 is 0 Å². The van der Waals surface area contributed by atoms with Crippen LogP contribution in [0.2, 0.25) is 0 Å². The van der Waals surface area contributed by atoms with E-state index >= 15 is 0 Å². The van der Waals surface area contributed by atoms with Gasteiger partial charge in [0.05, 0.1) is 22.9 Å². The van der Waals surface area contributed by atoms with E-state index in [2.05, 4.69) is 15.9 Å². The monoisotopic (exact) mass is 262 g/mol. The molecule has 1 aromatic rings. The highest BCUT2D eigenvalue weighted by Crippen LogP contribution is 2.30. The zero-order valence-corrected chi connectivity index (χ0v) is 9.20. The van der Waals surface area contributed by atoms with Crippen LogP contribution in [0.3, 0.4) is 0 Å². The Morgan fingerprint density at radius 1 is 1.46 bits per heavy atom. The smallest absolute Gasteiger partial charge is 0.137 e. The molecule has 1 aromatic carbocycles.